The van der Waals surface area contributed by atoms with E-state index in [2.05, 4.69) is 49.2 Å². The average molecular weight is 380 g/mol. The van der Waals surface area contributed by atoms with Crippen molar-refractivity contribution in [3.8, 4) is 17.1 Å². The number of hydrogen-bond acceptors (Lipinski definition) is 6. The van der Waals surface area contributed by atoms with Gasteiger partial charge in [0, 0.05) is 29.1 Å². The predicted molar refractivity (Wildman–Crippen MR) is 106 cm³/mol. The Morgan fingerprint density at radius 3 is 2.58 bits per heavy atom. The van der Waals surface area contributed by atoms with E-state index in [9.17, 15) is 0 Å². The van der Waals surface area contributed by atoms with Crippen LogP contribution >= 0.6 is 23.1 Å². The molecule has 7 heteroatoms. The molecule has 0 radical (unpaired) electrons. The van der Waals surface area contributed by atoms with Crippen molar-refractivity contribution in [2.24, 2.45) is 0 Å². The summed E-state index contributed by atoms with van der Waals surface area (Å²) in [5.41, 5.74) is 4.32. The summed E-state index contributed by atoms with van der Waals surface area (Å²) in [5, 5.41) is 13.0. The highest BCUT2D eigenvalue weighted by molar-refractivity contribution is 7.98. The highest BCUT2D eigenvalue weighted by Gasteiger charge is 2.17. The smallest absolute Gasteiger partial charge is 0.196 e. The molecule has 0 N–H and O–H groups in total. The number of benzene rings is 1. The molecule has 0 amide bonds. The lowest BCUT2D eigenvalue weighted by Gasteiger charge is -2.12. The Labute approximate surface area is 160 Å². The fourth-order valence-electron chi connectivity index (χ4n) is 2.70. The molecule has 0 saturated heterocycles. The second-order valence-electron chi connectivity index (χ2n) is 5.81. The van der Waals surface area contributed by atoms with Crippen LogP contribution in [0.1, 0.15) is 16.3 Å². The number of para-hydroxylation sites is 1. The van der Waals surface area contributed by atoms with Gasteiger partial charge in [0.1, 0.15) is 0 Å². The Bertz CT molecular complexity index is 1020. The largest absolute Gasteiger partial charge is 0.270 e. The average Bonchev–Trinajstić information content (AvgIpc) is 3.27. The summed E-state index contributed by atoms with van der Waals surface area (Å²) < 4.78 is 2.12. The van der Waals surface area contributed by atoms with Crippen LogP contribution in [0.4, 0.5) is 0 Å². The second-order valence-corrected chi connectivity index (χ2v) is 7.82. The third-order valence-electron chi connectivity index (χ3n) is 3.94. The van der Waals surface area contributed by atoms with Gasteiger partial charge in [0.15, 0.2) is 11.0 Å². The van der Waals surface area contributed by atoms with Gasteiger partial charge in [0.2, 0.25) is 0 Å². The monoisotopic (exact) mass is 379 g/mol. The van der Waals surface area contributed by atoms with Gasteiger partial charge in [-0.2, -0.15) is 0 Å². The van der Waals surface area contributed by atoms with Gasteiger partial charge in [0.25, 0.3) is 0 Å². The van der Waals surface area contributed by atoms with Crippen molar-refractivity contribution >= 4 is 23.1 Å². The minimum Gasteiger partial charge on any atom is -0.270 e. The van der Waals surface area contributed by atoms with E-state index in [4.69, 9.17) is 0 Å². The molecule has 5 nitrogen and oxygen atoms in total. The van der Waals surface area contributed by atoms with E-state index in [1.807, 2.05) is 31.2 Å². The van der Waals surface area contributed by atoms with E-state index < -0.39 is 0 Å². The molecule has 0 unspecified atom stereocenters. The Morgan fingerprint density at radius 1 is 1.04 bits per heavy atom. The number of nitrogens with zero attached hydrogens (tertiary/aromatic N) is 5. The molecule has 0 spiro atoms. The quantitative estimate of drug-likeness (QED) is 0.471. The van der Waals surface area contributed by atoms with Crippen LogP contribution in [0.15, 0.2) is 59.3 Å². The van der Waals surface area contributed by atoms with Crippen molar-refractivity contribution in [2.75, 3.05) is 0 Å². The summed E-state index contributed by atoms with van der Waals surface area (Å²) in [6.45, 7) is 4.13. The number of aromatic nitrogens is 5. The maximum absolute atomic E-state index is 4.54. The highest BCUT2D eigenvalue weighted by atomic mass is 32.2. The van der Waals surface area contributed by atoms with Crippen LogP contribution in [0.5, 0.6) is 0 Å². The Balaban J connectivity index is 1.77. The van der Waals surface area contributed by atoms with Crippen LogP contribution in [-0.2, 0) is 5.75 Å². The van der Waals surface area contributed by atoms with Crippen molar-refractivity contribution in [3.05, 3.63) is 70.4 Å². The summed E-state index contributed by atoms with van der Waals surface area (Å²) in [6.07, 6.45) is 3.55. The van der Waals surface area contributed by atoms with Crippen LogP contribution < -0.4 is 0 Å². The molecule has 0 bridgehead atoms. The zero-order chi connectivity index (χ0) is 17.9. The maximum atomic E-state index is 4.54. The fraction of sp³-hybridized carbons (Fsp3) is 0.158. The summed E-state index contributed by atoms with van der Waals surface area (Å²) in [4.78, 5) is 8.65. The van der Waals surface area contributed by atoms with Crippen LogP contribution in [0.25, 0.3) is 17.1 Å². The summed E-state index contributed by atoms with van der Waals surface area (Å²) in [5.74, 6) is 1.59. The lowest BCUT2D eigenvalue weighted by Crippen LogP contribution is -2.02. The normalized spacial score (nSPS) is 11.0. The van der Waals surface area contributed by atoms with Gasteiger partial charge in [-0.05, 0) is 37.6 Å². The van der Waals surface area contributed by atoms with E-state index in [-0.39, 0.29) is 0 Å². The van der Waals surface area contributed by atoms with Gasteiger partial charge in [-0.3, -0.25) is 9.55 Å². The molecule has 4 aromatic rings. The molecule has 130 valence electrons. The fourth-order valence-corrected chi connectivity index (χ4v) is 4.25. The van der Waals surface area contributed by atoms with Gasteiger partial charge in [-0.15, -0.1) is 21.5 Å². The molecule has 0 aliphatic rings. The molecule has 0 aliphatic carbocycles. The molecule has 3 heterocycles. The van der Waals surface area contributed by atoms with Crippen molar-refractivity contribution in [1.29, 1.82) is 0 Å². The highest BCUT2D eigenvalue weighted by Crippen LogP contribution is 2.30. The second kappa shape index (κ2) is 7.39. The molecule has 26 heavy (non-hydrogen) atoms. The van der Waals surface area contributed by atoms with E-state index in [1.54, 1.807) is 35.5 Å². The van der Waals surface area contributed by atoms with E-state index in [1.165, 1.54) is 5.56 Å². The van der Waals surface area contributed by atoms with Crippen molar-refractivity contribution < 1.29 is 0 Å². The molecule has 0 atom stereocenters. The first-order valence-corrected chi connectivity index (χ1v) is 10.0. The predicted octanol–water partition coefficient (Wildman–Crippen LogP) is 4.69. The summed E-state index contributed by atoms with van der Waals surface area (Å²) in [7, 11) is 0. The minimum absolute atomic E-state index is 0.769. The lowest BCUT2D eigenvalue weighted by molar-refractivity contribution is 0.879. The molecule has 4 rings (SSSR count). The number of aryl methyl sites for hydroxylation is 2. The third-order valence-corrected chi connectivity index (χ3v) is 5.73. The van der Waals surface area contributed by atoms with Crippen LogP contribution in [-0.4, -0.2) is 24.7 Å². The molecule has 0 fully saturated rings. The Kier molecular flexibility index (Phi) is 4.81. The topological polar surface area (TPSA) is 56.5 Å². The molecule has 0 saturated carbocycles. The number of thiazole rings is 1. The molecular formula is C19H17N5S2. The molecule has 1 aromatic carbocycles. The summed E-state index contributed by atoms with van der Waals surface area (Å²) >= 11 is 3.32. The summed E-state index contributed by atoms with van der Waals surface area (Å²) in [6, 6.07) is 12.2. The Morgan fingerprint density at radius 2 is 1.85 bits per heavy atom. The number of thioether (sulfide) groups is 1. The standard InChI is InChI=1S/C19H17N5S2/c1-13-5-3-4-6-17(13)24-18(15-7-9-20-10-8-15)22-23-19(24)26-12-16-11-25-14(2)21-16/h3-11H,12H2,1-2H3. The zero-order valence-electron chi connectivity index (χ0n) is 14.5. The maximum Gasteiger partial charge on any atom is 0.196 e. The number of rotatable bonds is 5. The van der Waals surface area contributed by atoms with Gasteiger partial charge >= 0.3 is 0 Å². The van der Waals surface area contributed by atoms with Crippen molar-refractivity contribution in [2.45, 2.75) is 24.8 Å². The Hall–Kier alpha value is -2.51. The first-order chi connectivity index (χ1) is 12.7. The minimum atomic E-state index is 0.769. The van der Waals surface area contributed by atoms with Crippen molar-refractivity contribution in [3.63, 3.8) is 0 Å². The number of hydrogen-bond donors (Lipinski definition) is 0. The first-order valence-electron chi connectivity index (χ1n) is 8.18. The van der Waals surface area contributed by atoms with Crippen LogP contribution in [0, 0.1) is 13.8 Å². The van der Waals surface area contributed by atoms with E-state index in [0.717, 1.165) is 38.7 Å². The third kappa shape index (κ3) is 3.40. The molecular weight excluding hydrogens is 362 g/mol. The zero-order valence-corrected chi connectivity index (χ0v) is 16.1. The van der Waals surface area contributed by atoms with E-state index in [0.29, 0.717) is 0 Å². The molecule has 3 aromatic heterocycles. The van der Waals surface area contributed by atoms with Gasteiger partial charge in [-0.25, -0.2) is 4.98 Å². The van der Waals surface area contributed by atoms with Gasteiger partial charge < -0.3 is 0 Å². The van der Waals surface area contributed by atoms with Gasteiger partial charge in [-0.1, -0.05) is 30.0 Å². The first kappa shape index (κ1) is 16.9. The number of pyridine rings is 1. The van der Waals surface area contributed by atoms with Gasteiger partial charge in [0.05, 0.1) is 16.4 Å². The van der Waals surface area contributed by atoms with E-state index >= 15 is 0 Å². The lowest BCUT2D eigenvalue weighted by atomic mass is 10.2. The van der Waals surface area contributed by atoms with Crippen LogP contribution in [0.3, 0.4) is 0 Å². The van der Waals surface area contributed by atoms with Crippen molar-refractivity contribution in [1.82, 2.24) is 24.7 Å². The molecule has 0 aliphatic heterocycles. The van der Waals surface area contributed by atoms with Crippen LogP contribution in [0.2, 0.25) is 0 Å². The SMILES string of the molecule is Cc1nc(CSc2nnc(-c3ccncc3)n2-c2ccccc2C)cs1.